The molecule has 1 aliphatic heterocycles. The molecule has 0 bridgehead atoms. The number of amidine groups is 1. The summed E-state index contributed by atoms with van der Waals surface area (Å²) in [6.45, 7) is 2.08. The molecular formula is C9H11N5O4S2. The Hall–Kier alpha value is -1.75. The van der Waals surface area contributed by atoms with Crippen molar-refractivity contribution in [2.45, 2.75) is 17.4 Å². The largest absolute Gasteiger partial charge is 0.458 e. The summed E-state index contributed by atoms with van der Waals surface area (Å²) in [6.07, 6.45) is -0.880. The summed E-state index contributed by atoms with van der Waals surface area (Å²) >= 11 is 1.98. The molecule has 1 aromatic heterocycles. The van der Waals surface area contributed by atoms with Crippen LogP contribution in [0.4, 0.5) is 4.79 Å². The Labute approximate surface area is 122 Å². The number of hydrogen-bond donors (Lipinski definition) is 0. The van der Waals surface area contributed by atoms with Crippen LogP contribution in [0, 0.1) is 10.1 Å². The first-order chi connectivity index (χ1) is 9.52. The van der Waals surface area contributed by atoms with Crippen LogP contribution in [0.15, 0.2) is 9.33 Å². The average Bonchev–Trinajstić information content (AvgIpc) is 2.96. The molecule has 2 heterocycles. The molecular weight excluding hydrogens is 306 g/mol. The van der Waals surface area contributed by atoms with E-state index in [1.54, 1.807) is 14.0 Å². The number of ether oxygens (including phenoxy) is 1. The minimum Gasteiger partial charge on any atom is -0.458 e. The van der Waals surface area contributed by atoms with E-state index in [9.17, 15) is 14.9 Å². The molecule has 0 radical (unpaired) electrons. The lowest BCUT2D eigenvalue weighted by atomic mass is 10.5. The van der Waals surface area contributed by atoms with Crippen LogP contribution in [0.3, 0.4) is 0 Å². The number of hydrogen-bond acceptors (Lipinski definition) is 10. The summed E-state index contributed by atoms with van der Waals surface area (Å²) in [6, 6.07) is 0. The zero-order chi connectivity index (χ0) is 14.7. The quantitative estimate of drug-likeness (QED) is 0.351. The number of carbonyl (C=O) groups is 1. The van der Waals surface area contributed by atoms with Crippen molar-refractivity contribution >= 4 is 34.2 Å². The van der Waals surface area contributed by atoms with E-state index in [1.165, 1.54) is 4.90 Å². The van der Waals surface area contributed by atoms with Crippen molar-refractivity contribution in [2.24, 2.45) is 4.99 Å². The smallest absolute Gasteiger partial charge is 0.374 e. The number of likely N-dealkylation sites (N-methyl/N-ethyl adjacent to an activating group) is 1. The number of nitrogens with zero attached hydrogens (tertiary/aromatic N) is 5. The van der Waals surface area contributed by atoms with Gasteiger partial charge in [0.25, 0.3) is 0 Å². The van der Waals surface area contributed by atoms with Crippen LogP contribution >= 0.6 is 23.1 Å². The van der Waals surface area contributed by atoms with E-state index in [-0.39, 0.29) is 13.2 Å². The Kier molecular flexibility index (Phi) is 4.49. The van der Waals surface area contributed by atoms with Gasteiger partial charge in [-0.2, -0.15) is 0 Å². The van der Waals surface area contributed by atoms with Gasteiger partial charge in [0.15, 0.2) is 15.2 Å². The van der Waals surface area contributed by atoms with Crippen molar-refractivity contribution in [3.63, 3.8) is 0 Å². The third-order valence-corrected chi connectivity index (χ3v) is 4.21. The zero-order valence-electron chi connectivity index (χ0n) is 10.7. The highest BCUT2D eigenvalue weighted by Gasteiger charge is 2.35. The molecule has 11 heteroatoms. The second-order valence-electron chi connectivity index (χ2n) is 3.70. The molecule has 1 aromatic rings. The summed E-state index contributed by atoms with van der Waals surface area (Å²) in [7, 11) is 1.58. The van der Waals surface area contributed by atoms with Crippen molar-refractivity contribution in [2.75, 3.05) is 20.2 Å². The molecule has 0 N–H and O–H groups in total. The summed E-state index contributed by atoms with van der Waals surface area (Å²) in [5, 5.41) is 18.5. The number of aromatic nitrogens is 2. The van der Waals surface area contributed by atoms with Crippen LogP contribution in [-0.4, -0.2) is 57.5 Å². The van der Waals surface area contributed by atoms with Crippen LogP contribution in [0.25, 0.3) is 0 Å². The third-order valence-electron chi connectivity index (χ3n) is 2.46. The van der Waals surface area contributed by atoms with Crippen LogP contribution < -0.4 is 0 Å². The van der Waals surface area contributed by atoms with Crippen LogP contribution in [0.1, 0.15) is 11.9 Å². The lowest BCUT2D eigenvalue weighted by Crippen LogP contribution is -2.38. The van der Waals surface area contributed by atoms with Gasteiger partial charge in [-0.05, 0) is 6.92 Å². The third kappa shape index (κ3) is 3.04. The van der Waals surface area contributed by atoms with Crippen LogP contribution in [-0.2, 0) is 4.74 Å². The van der Waals surface area contributed by atoms with Gasteiger partial charge >= 0.3 is 11.5 Å². The average molecular weight is 317 g/mol. The van der Waals surface area contributed by atoms with Crippen molar-refractivity contribution in [1.29, 1.82) is 0 Å². The fourth-order valence-electron chi connectivity index (χ4n) is 1.53. The summed E-state index contributed by atoms with van der Waals surface area (Å²) < 4.78 is 5.20. The van der Waals surface area contributed by atoms with Gasteiger partial charge in [0.05, 0.1) is 6.61 Å². The Balaban J connectivity index is 2.06. The molecule has 0 spiro atoms. The fraction of sp³-hybridized carbons (Fsp3) is 0.556. The molecule has 1 atom stereocenters. The highest BCUT2D eigenvalue weighted by Crippen LogP contribution is 2.26. The first kappa shape index (κ1) is 14.7. The van der Waals surface area contributed by atoms with E-state index >= 15 is 0 Å². The molecule has 2 rings (SSSR count). The summed E-state index contributed by atoms with van der Waals surface area (Å²) in [5.74, 6) is 0.417. The Bertz CT molecular complexity index is 560. The summed E-state index contributed by atoms with van der Waals surface area (Å²) in [4.78, 5) is 27.3. The van der Waals surface area contributed by atoms with Crippen LogP contribution in [0.2, 0.25) is 0 Å². The number of nitro groups is 1. The van der Waals surface area contributed by atoms with E-state index in [4.69, 9.17) is 4.74 Å². The van der Waals surface area contributed by atoms with E-state index in [0.29, 0.717) is 15.2 Å². The van der Waals surface area contributed by atoms with Gasteiger partial charge in [0.1, 0.15) is 6.54 Å². The Morgan fingerprint density at radius 3 is 3.00 bits per heavy atom. The predicted octanol–water partition coefficient (Wildman–Crippen LogP) is 1.08. The first-order valence-corrected chi connectivity index (χ1v) is 7.25. The maximum Gasteiger partial charge on any atom is 0.374 e. The maximum atomic E-state index is 11.3. The number of carbonyl (C=O) groups excluding carboxylic acids is 1. The van der Waals surface area contributed by atoms with Gasteiger partial charge in [-0.15, -0.1) is 10.2 Å². The van der Waals surface area contributed by atoms with Crippen molar-refractivity contribution < 1.29 is 14.5 Å². The minimum absolute atomic E-state index is 0.0821. The van der Waals surface area contributed by atoms with E-state index in [0.717, 1.165) is 23.1 Å². The van der Waals surface area contributed by atoms with Gasteiger partial charge in [-0.25, -0.2) is 4.79 Å². The lowest BCUT2D eigenvalue weighted by molar-refractivity contribution is -0.537. The Morgan fingerprint density at radius 2 is 2.40 bits per heavy atom. The molecule has 0 aromatic carbocycles. The SMILES string of the molecule is CCOC(=O)Sc1nnc(C2=NCC([N+](=O)[O-])N2C)s1. The van der Waals surface area contributed by atoms with Crippen molar-refractivity contribution in [3.8, 4) is 0 Å². The minimum atomic E-state index is -0.880. The molecule has 0 saturated carbocycles. The van der Waals surface area contributed by atoms with Crippen molar-refractivity contribution in [1.82, 2.24) is 15.1 Å². The summed E-state index contributed by atoms with van der Waals surface area (Å²) in [5.41, 5.74) is 0. The molecule has 0 fully saturated rings. The van der Waals surface area contributed by atoms with Gasteiger partial charge in [0.2, 0.25) is 0 Å². The topological polar surface area (TPSA) is 111 Å². The number of rotatable bonds is 4. The molecule has 20 heavy (non-hydrogen) atoms. The van der Waals surface area contributed by atoms with E-state index < -0.39 is 16.4 Å². The maximum absolute atomic E-state index is 11.3. The van der Waals surface area contributed by atoms with Gasteiger partial charge in [-0.3, -0.25) is 20.0 Å². The monoisotopic (exact) mass is 317 g/mol. The van der Waals surface area contributed by atoms with Gasteiger partial charge in [-0.1, -0.05) is 11.3 Å². The van der Waals surface area contributed by atoms with Gasteiger partial charge < -0.3 is 4.74 Å². The van der Waals surface area contributed by atoms with Crippen molar-refractivity contribution in [3.05, 3.63) is 15.1 Å². The molecule has 108 valence electrons. The van der Waals surface area contributed by atoms with E-state index in [1.807, 2.05) is 0 Å². The lowest BCUT2D eigenvalue weighted by Gasteiger charge is -2.14. The number of thioether (sulfide) groups is 1. The second-order valence-corrected chi connectivity index (χ2v) is 5.86. The predicted molar refractivity (Wildman–Crippen MR) is 72.7 cm³/mol. The highest BCUT2D eigenvalue weighted by atomic mass is 32.2. The molecule has 0 saturated heterocycles. The fourth-order valence-corrected chi connectivity index (χ4v) is 3.17. The highest BCUT2D eigenvalue weighted by molar-refractivity contribution is 8.14. The first-order valence-electron chi connectivity index (χ1n) is 5.62. The molecule has 1 aliphatic rings. The number of aliphatic imine (C=N–C) groups is 1. The molecule has 9 nitrogen and oxygen atoms in total. The second kappa shape index (κ2) is 6.13. The van der Waals surface area contributed by atoms with E-state index in [2.05, 4.69) is 15.2 Å². The molecule has 0 aliphatic carbocycles. The molecule has 0 amide bonds. The molecule has 1 unspecified atom stereocenters. The standard InChI is InChI=1S/C9H11N5O4S2/c1-3-18-9(15)20-8-12-11-7(19-8)6-10-4-5(13(6)2)14(16)17/h5H,3-4H2,1-2H3. The zero-order valence-corrected chi connectivity index (χ0v) is 12.3. The van der Waals surface area contributed by atoms with Crippen LogP contribution in [0.5, 0.6) is 0 Å². The normalized spacial score (nSPS) is 18.0. The Morgan fingerprint density at radius 1 is 1.65 bits per heavy atom. The van der Waals surface area contributed by atoms with Gasteiger partial charge in [0, 0.05) is 23.7 Å².